The van der Waals surface area contributed by atoms with Crippen molar-refractivity contribution in [1.29, 1.82) is 0 Å². The molecule has 0 aromatic heterocycles. The number of rotatable bonds is 10. The summed E-state index contributed by atoms with van der Waals surface area (Å²) in [6.45, 7) is 5.11. The quantitative estimate of drug-likeness (QED) is 0.416. The molecular formula is C27H32ClN3O4S. The van der Waals surface area contributed by atoms with E-state index in [2.05, 4.69) is 5.32 Å². The van der Waals surface area contributed by atoms with Crippen LogP contribution in [0.4, 0.5) is 5.69 Å². The van der Waals surface area contributed by atoms with Crippen molar-refractivity contribution in [2.24, 2.45) is 0 Å². The Balaban J connectivity index is 2.04. The highest BCUT2D eigenvalue weighted by Crippen LogP contribution is 2.29. The van der Waals surface area contributed by atoms with E-state index in [1.807, 2.05) is 51.1 Å². The van der Waals surface area contributed by atoms with Crippen LogP contribution in [-0.4, -0.2) is 50.0 Å². The normalized spacial score (nSPS) is 12.4. The molecule has 0 saturated carbocycles. The van der Waals surface area contributed by atoms with Crippen molar-refractivity contribution >= 4 is 49.9 Å². The van der Waals surface area contributed by atoms with Crippen molar-refractivity contribution in [1.82, 2.24) is 10.2 Å². The topological polar surface area (TPSA) is 86.8 Å². The third kappa shape index (κ3) is 6.56. The third-order valence-corrected chi connectivity index (χ3v) is 7.33. The maximum atomic E-state index is 13.8. The second kappa shape index (κ2) is 11.8. The van der Waals surface area contributed by atoms with Gasteiger partial charge in [-0.3, -0.25) is 13.9 Å². The summed E-state index contributed by atoms with van der Waals surface area (Å²) in [5.74, 6) is -0.803. The first kappa shape index (κ1) is 27.5. The molecule has 3 rings (SSSR count). The predicted octanol–water partition coefficient (Wildman–Crippen LogP) is 4.59. The zero-order valence-corrected chi connectivity index (χ0v) is 22.5. The molecule has 36 heavy (non-hydrogen) atoms. The summed E-state index contributed by atoms with van der Waals surface area (Å²) in [5, 5.41) is 4.90. The lowest BCUT2D eigenvalue weighted by atomic mass is 10.1. The first-order valence-corrected chi connectivity index (χ1v) is 14.0. The molecule has 3 aromatic carbocycles. The molecule has 0 aliphatic rings. The van der Waals surface area contributed by atoms with Gasteiger partial charge < -0.3 is 10.2 Å². The molecule has 2 amide bonds. The van der Waals surface area contributed by atoms with E-state index in [1.54, 1.807) is 36.4 Å². The van der Waals surface area contributed by atoms with E-state index in [0.717, 1.165) is 15.9 Å². The van der Waals surface area contributed by atoms with Crippen LogP contribution in [-0.2, 0) is 26.2 Å². The number of carbonyl (C=O) groups is 2. The smallest absolute Gasteiger partial charge is 0.244 e. The predicted molar refractivity (Wildman–Crippen MR) is 145 cm³/mol. The van der Waals surface area contributed by atoms with Gasteiger partial charge in [-0.25, -0.2) is 8.42 Å². The molecule has 0 spiro atoms. The number of nitrogens with one attached hydrogen (secondary N) is 1. The van der Waals surface area contributed by atoms with Gasteiger partial charge in [0.15, 0.2) is 0 Å². The highest BCUT2D eigenvalue weighted by molar-refractivity contribution is 7.92. The minimum Gasteiger partial charge on any atom is -0.352 e. The van der Waals surface area contributed by atoms with Gasteiger partial charge in [0.05, 0.1) is 11.9 Å². The van der Waals surface area contributed by atoms with Crippen LogP contribution in [0.15, 0.2) is 66.7 Å². The highest BCUT2D eigenvalue weighted by atomic mass is 35.5. The molecule has 0 fully saturated rings. The van der Waals surface area contributed by atoms with Gasteiger partial charge in [0, 0.05) is 23.0 Å². The fourth-order valence-corrected chi connectivity index (χ4v) is 5.19. The number of nitrogens with zero attached hydrogens (tertiary/aromatic N) is 2. The molecule has 1 unspecified atom stereocenters. The fraction of sp³-hybridized carbons (Fsp3) is 0.333. The zero-order valence-electron chi connectivity index (χ0n) is 20.9. The summed E-state index contributed by atoms with van der Waals surface area (Å²) in [6.07, 6.45) is 1.42. The Morgan fingerprint density at radius 2 is 1.61 bits per heavy atom. The fourth-order valence-electron chi connectivity index (χ4n) is 4.13. The molecule has 0 radical (unpaired) electrons. The molecule has 0 aliphatic heterocycles. The Bertz CT molecular complexity index is 1340. The Kier molecular flexibility index (Phi) is 8.98. The standard InChI is InChI=1S/C27H32ClN3O4S/c1-5-24(27(33)29-19(2)3)30(17-21-12-7-9-15-23(21)28)26(32)18-31(36(4,34)35)25-16-10-13-20-11-6-8-14-22(20)25/h6-16,19,24H,5,17-18H2,1-4H3,(H,29,33). The SMILES string of the molecule is CCC(C(=O)NC(C)C)N(Cc1ccccc1Cl)C(=O)CN(c1cccc2ccccc12)S(C)(=O)=O. The van der Waals surface area contributed by atoms with Gasteiger partial charge in [0.25, 0.3) is 0 Å². The number of benzene rings is 3. The Hall–Kier alpha value is -3.10. The van der Waals surface area contributed by atoms with Crippen molar-refractivity contribution in [3.8, 4) is 0 Å². The third-order valence-electron chi connectivity index (χ3n) is 5.83. The summed E-state index contributed by atoms with van der Waals surface area (Å²) < 4.78 is 26.9. The summed E-state index contributed by atoms with van der Waals surface area (Å²) in [4.78, 5) is 28.3. The van der Waals surface area contributed by atoms with Crippen LogP contribution in [0.25, 0.3) is 10.8 Å². The Morgan fingerprint density at radius 3 is 2.25 bits per heavy atom. The van der Waals surface area contributed by atoms with Crippen LogP contribution in [0.5, 0.6) is 0 Å². The lowest BCUT2D eigenvalue weighted by Gasteiger charge is -2.33. The average molecular weight is 530 g/mol. The summed E-state index contributed by atoms with van der Waals surface area (Å²) in [6, 6.07) is 18.9. The van der Waals surface area contributed by atoms with E-state index in [9.17, 15) is 18.0 Å². The van der Waals surface area contributed by atoms with Gasteiger partial charge in [-0.15, -0.1) is 0 Å². The summed E-state index contributed by atoms with van der Waals surface area (Å²) in [5.41, 5.74) is 1.07. The van der Waals surface area contributed by atoms with Gasteiger partial charge in [-0.2, -0.15) is 0 Å². The monoisotopic (exact) mass is 529 g/mol. The average Bonchev–Trinajstić information content (AvgIpc) is 2.82. The van der Waals surface area contributed by atoms with Crippen molar-refractivity contribution in [3.05, 3.63) is 77.3 Å². The molecule has 3 aromatic rings. The minimum atomic E-state index is -3.83. The van der Waals surface area contributed by atoms with Crippen LogP contribution >= 0.6 is 11.6 Å². The molecule has 192 valence electrons. The minimum absolute atomic E-state index is 0.0651. The molecule has 0 bridgehead atoms. The number of anilines is 1. The van der Waals surface area contributed by atoms with Gasteiger partial charge >= 0.3 is 0 Å². The largest absolute Gasteiger partial charge is 0.352 e. The number of hydrogen-bond donors (Lipinski definition) is 1. The van der Waals surface area contributed by atoms with Gasteiger partial charge in [-0.05, 0) is 43.4 Å². The Labute approximate surface area is 218 Å². The van der Waals surface area contributed by atoms with Crippen molar-refractivity contribution in [3.63, 3.8) is 0 Å². The first-order valence-electron chi connectivity index (χ1n) is 11.8. The van der Waals surface area contributed by atoms with Gasteiger partial charge in [0.1, 0.15) is 12.6 Å². The second-order valence-corrected chi connectivity index (χ2v) is 11.3. The zero-order chi connectivity index (χ0) is 26.5. The van der Waals surface area contributed by atoms with Crippen LogP contribution in [0.3, 0.4) is 0 Å². The van der Waals surface area contributed by atoms with Gasteiger partial charge in [-0.1, -0.05) is 73.1 Å². The van der Waals surface area contributed by atoms with E-state index < -0.39 is 28.5 Å². The number of amides is 2. The lowest BCUT2D eigenvalue weighted by Crippen LogP contribution is -2.53. The maximum absolute atomic E-state index is 13.8. The number of carbonyl (C=O) groups excluding carboxylic acids is 2. The Morgan fingerprint density at radius 1 is 0.972 bits per heavy atom. The van der Waals surface area contributed by atoms with Crippen LogP contribution < -0.4 is 9.62 Å². The van der Waals surface area contributed by atoms with E-state index in [0.29, 0.717) is 28.1 Å². The number of halogens is 1. The number of sulfonamides is 1. The van der Waals surface area contributed by atoms with Crippen molar-refractivity contribution < 1.29 is 18.0 Å². The maximum Gasteiger partial charge on any atom is 0.244 e. The van der Waals surface area contributed by atoms with E-state index >= 15 is 0 Å². The van der Waals surface area contributed by atoms with Crippen molar-refractivity contribution in [2.75, 3.05) is 17.1 Å². The van der Waals surface area contributed by atoms with E-state index in [1.165, 1.54) is 4.90 Å². The molecule has 1 atom stereocenters. The van der Waals surface area contributed by atoms with Crippen LogP contribution in [0.1, 0.15) is 32.8 Å². The van der Waals surface area contributed by atoms with Crippen LogP contribution in [0, 0.1) is 0 Å². The molecule has 0 aliphatic carbocycles. The first-order chi connectivity index (χ1) is 17.0. The molecule has 1 N–H and O–H groups in total. The molecule has 7 nitrogen and oxygen atoms in total. The molecule has 0 saturated heterocycles. The summed E-state index contributed by atoms with van der Waals surface area (Å²) >= 11 is 6.38. The number of hydrogen-bond acceptors (Lipinski definition) is 4. The highest BCUT2D eigenvalue weighted by Gasteiger charge is 2.32. The van der Waals surface area contributed by atoms with Crippen molar-refractivity contribution in [2.45, 2.75) is 45.8 Å². The number of fused-ring (bicyclic) bond motifs is 1. The van der Waals surface area contributed by atoms with Gasteiger partial charge in [0.2, 0.25) is 21.8 Å². The molecule has 0 heterocycles. The summed E-state index contributed by atoms with van der Waals surface area (Å²) in [7, 11) is -3.83. The van der Waals surface area contributed by atoms with Crippen LogP contribution in [0.2, 0.25) is 5.02 Å². The molecule has 9 heteroatoms. The molecular weight excluding hydrogens is 498 g/mol. The second-order valence-electron chi connectivity index (χ2n) is 8.97. The lowest BCUT2D eigenvalue weighted by molar-refractivity contribution is -0.140. The van der Waals surface area contributed by atoms with E-state index in [4.69, 9.17) is 11.6 Å². The van der Waals surface area contributed by atoms with E-state index in [-0.39, 0.29) is 18.5 Å².